The molecule has 1 heterocycles. The highest BCUT2D eigenvalue weighted by molar-refractivity contribution is 5.85. The smallest absolute Gasteiger partial charge is 0.0198 e. The van der Waals surface area contributed by atoms with Crippen molar-refractivity contribution in [2.75, 3.05) is 13.1 Å². The van der Waals surface area contributed by atoms with Gasteiger partial charge in [0.25, 0.3) is 0 Å². The van der Waals surface area contributed by atoms with Crippen LogP contribution in [0.4, 0.5) is 0 Å². The molecule has 0 unspecified atom stereocenters. The molecule has 1 saturated carbocycles. The van der Waals surface area contributed by atoms with Crippen molar-refractivity contribution < 1.29 is 0 Å². The topological polar surface area (TPSA) is 15.3 Å². The minimum absolute atomic E-state index is 0. The Morgan fingerprint density at radius 3 is 2.00 bits per heavy atom. The molecule has 14 heavy (non-hydrogen) atoms. The molecule has 0 bridgehead atoms. The van der Waals surface area contributed by atoms with Crippen LogP contribution in [-0.4, -0.2) is 36.1 Å². The number of piperazine rings is 1. The van der Waals surface area contributed by atoms with E-state index < -0.39 is 0 Å². The highest BCUT2D eigenvalue weighted by Crippen LogP contribution is 2.27. The van der Waals surface area contributed by atoms with Crippen molar-refractivity contribution in [3.8, 4) is 0 Å². The fraction of sp³-hybridized carbons (Fsp3) is 1.00. The molecule has 1 N–H and O–H groups in total. The van der Waals surface area contributed by atoms with Gasteiger partial charge in [0.1, 0.15) is 0 Å². The number of halogens is 1. The first-order valence-corrected chi connectivity index (χ1v) is 5.77. The second-order valence-corrected chi connectivity index (χ2v) is 4.74. The van der Waals surface area contributed by atoms with Crippen molar-refractivity contribution in [3.63, 3.8) is 0 Å². The molecule has 84 valence electrons. The quantitative estimate of drug-likeness (QED) is 0.725. The van der Waals surface area contributed by atoms with E-state index in [1.54, 1.807) is 0 Å². The number of nitrogens with one attached hydrogen (secondary N) is 1. The number of rotatable bonds is 1. The largest absolute Gasteiger partial charge is 0.314 e. The lowest BCUT2D eigenvalue weighted by molar-refractivity contribution is 0.0692. The molecule has 2 atom stereocenters. The van der Waals surface area contributed by atoms with Gasteiger partial charge < -0.3 is 5.32 Å². The van der Waals surface area contributed by atoms with Gasteiger partial charge in [0, 0.05) is 31.2 Å². The lowest BCUT2D eigenvalue weighted by atomic mass is 10.0. The molecule has 2 fully saturated rings. The first kappa shape index (κ1) is 12.3. The summed E-state index contributed by atoms with van der Waals surface area (Å²) in [6, 6.07) is 2.38. The Bertz CT molecular complexity index is 159. The van der Waals surface area contributed by atoms with Crippen LogP contribution in [-0.2, 0) is 0 Å². The van der Waals surface area contributed by atoms with Crippen LogP contribution in [0, 0.1) is 0 Å². The van der Waals surface area contributed by atoms with Crippen molar-refractivity contribution in [1.82, 2.24) is 10.2 Å². The first-order chi connectivity index (χ1) is 6.29. The van der Waals surface area contributed by atoms with E-state index in [2.05, 4.69) is 24.1 Å². The zero-order valence-electron chi connectivity index (χ0n) is 9.33. The Labute approximate surface area is 93.8 Å². The van der Waals surface area contributed by atoms with Crippen molar-refractivity contribution in [2.24, 2.45) is 0 Å². The fourth-order valence-corrected chi connectivity index (χ4v) is 3.07. The number of hydrogen-bond acceptors (Lipinski definition) is 2. The molecule has 1 aliphatic heterocycles. The van der Waals surface area contributed by atoms with E-state index in [4.69, 9.17) is 0 Å². The second kappa shape index (κ2) is 5.34. The number of hydrogen-bond donors (Lipinski definition) is 1. The fourth-order valence-electron chi connectivity index (χ4n) is 3.07. The molecule has 0 aromatic rings. The van der Waals surface area contributed by atoms with Crippen LogP contribution in [0.2, 0.25) is 0 Å². The molecule has 0 amide bonds. The van der Waals surface area contributed by atoms with Gasteiger partial charge in [0.05, 0.1) is 0 Å². The van der Waals surface area contributed by atoms with Gasteiger partial charge in [-0.2, -0.15) is 0 Å². The molecule has 0 radical (unpaired) electrons. The summed E-state index contributed by atoms with van der Waals surface area (Å²) in [5, 5.41) is 3.50. The van der Waals surface area contributed by atoms with E-state index in [0.717, 1.165) is 18.1 Å². The van der Waals surface area contributed by atoms with Gasteiger partial charge in [-0.3, -0.25) is 4.90 Å². The maximum atomic E-state index is 3.50. The van der Waals surface area contributed by atoms with Gasteiger partial charge >= 0.3 is 0 Å². The predicted octanol–water partition coefficient (Wildman–Crippen LogP) is 2.03. The Kier molecular flexibility index (Phi) is 4.68. The molecular formula is C11H23ClN2. The Morgan fingerprint density at radius 2 is 1.50 bits per heavy atom. The van der Waals surface area contributed by atoms with Gasteiger partial charge in [0.2, 0.25) is 0 Å². The molecule has 2 aliphatic rings. The standard InChI is InChI=1S/C11H22N2.ClH/c1-9-7-12-8-10(2)13(9)11-5-3-4-6-11;/h9-12H,3-8H2,1-2H3;1H/t9-,10+;. The van der Waals surface area contributed by atoms with Crippen molar-refractivity contribution in [2.45, 2.75) is 57.7 Å². The molecule has 1 aliphatic carbocycles. The normalized spacial score (nSPS) is 35.6. The van der Waals surface area contributed by atoms with Gasteiger partial charge in [-0.25, -0.2) is 0 Å². The zero-order valence-corrected chi connectivity index (χ0v) is 10.1. The lowest BCUT2D eigenvalue weighted by Crippen LogP contribution is -2.58. The summed E-state index contributed by atoms with van der Waals surface area (Å²) in [5.74, 6) is 0. The maximum absolute atomic E-state index is 3.50. The molecule has 1 saturated heterocycles. The van der Waals surface area contributed by atoms with Gasteiger partial charge in [-0.1, -0.05) is 12.8 Å². The van der Waals surface area contributed by atoms with E-state index in [1.165, 1.54) is 38.8 Å². The van der Waals surface area contributed by atoms with Crippen molar-refractivity contribution in [3.05, 3.63) is 0 Å². The average Bonchev–Trinajstić information content (AvgIpc) is 2.57. The third-order valence-corrected chi connectivity index (χ3v) is 3.64. The predicted molar refractivity (Wildman–Crippen MR) is 63.1 cm³/mol. The molecule has 2 rings (SSSR count). The summed E-state index contributed by atoms with van der Waals surface area (Å²) in [6.45, 7) is 7.09. The summed E-state index contributed by atoms with van der Waals surface area (Å²) in [7, 11) is 0. The highest BCUT2D eigenvalue weighted by Gasteiger charge is 2.32. The van der Waals surface area contributed by atoms with Gasteiger partial charge in [-0.05, 0) is 26.7 Å². The van der Waals surface area contributed by atoms with Crippen LogP contribution in [0.5, 0.6) is 0 Å². The Balaban J connectivity index is 0.000000980. The van der Waals surface area contributed by atoms with Crippen LogP contribution in [0.3, 0.4) is 0 Å². The van der Waals surface area contributed by atoms with Crippen LogP contribution in [0.15, 0.2) is 0 Å². The average molecular weight is 219 g/mol. The summed E-state index contributed by atoms with van der Waals surface area (Å²) in [4.78, 5) is 2.75. The van der Waals surface area contributed by atoms with Crippen molar-refractivity contribution >= 4 is 12.4 Å². The summed E-state index contributed by atoms with van der Waals surface area (Å²) >= 11 is 0. The molecule has 0 spiro atoms. The minimum atomic E-state index is 0. The van der Waals surface area contributed by atoms with Gasteiger partial charge in [0.15, 0.2) is 0 Å². The van der Waals surface area contributed by atoms with Crippen LogP contribution in [0.25, 0.3) is 0 Å². The minimum Gasteiger partial charge on any atom is -0.314 e. The Morgan fingerprint density at radius 1 is 1.00 bits per heavy atom. The van der Waals surface area contributed by atoms with Gasteiger partial charge in [-0.15, -0.1) is 12.4 Å². The molecule has 0 aromatic carbocycles. The third-order valence-electron chi connectivity index (χ3n) is 3.64. The molecule has 0 aromatic heterocycles. The Hall–Kier alpha value is 0.210. The second-order valence-electron chi connectivity index (χ2n) is 4.74. The molecule has 3 heteroatoms. The lowest BCUT2D eigenvalue weighted by Gasteiger charge is -2.43. The van der Waals surface area contributed by atoms with Crippen LogP contribution < -0.4 is 5.32 Å². The van der Waals surface area contributed by atoms with E-state index in [-0.39, 0.29) is 12.4 Å². The SMILES string of the molecule is C[C@@H]1CNC[C@H](C)N1C1CCCC1.Cl. The summed E-state index contributed by atoms with van der Waals surface area (Å²) in [6.07, 6.45) is 5.78. The van der Waals surface area contributed by atoms with E-state index in [0.29, 0.717) is 0 Å². The van der Waals surface area contributed by atoms with E-state index in [9.17, 15) is 0 Å². The number of nitrogens with zero attached hydrogens (tertiary/aromatic N) is 1. The molecule has 2 nitrogen and oxygen atoms in total. The van der Waals surface area contributed by atoms with Crippen molar-refractivity contribution in [1.29, 1.82) is 0 Å². The molecular weight excluding hydrogens is 196 g/mol. The van der Waals surface area contributed by atoms with E-state index >= 15 is 0 Å². The summed E-state index contributed by atoms with van der Waals surface area (Å²) < 4.78 is 0. The zero-order chi connectivity index (χ0) is 9.26. The third kappa shape index (κ3) is 2.41. The highest BCUT2D eigenvalue weighted by atomic mass is 35.5. The van der Waals surface area contributed by atoms with E-state index in [1.807, 2.05) is 0 Å². The van der Waals surface area contributed by atoms with Crippen LogP contribution in [0.1, 0.15) is 39.5 Å². The monoisotopic (exact) mass is 218 g/mol. The first-order valence-electron chi connectivity index (χ1n) is 5.77. The van der Waals surface area contributed by atoms with Crippen LogP contribution >= 0.6 is 12.4 Å². The summed E-state index contributed by atoms with van der Waals surface area (Å²) in [5.41, 5.74) is 0. The maximum Gasteiger partial charge on any atom is 0.0198 e.